The minimum Gasteiger partial charge on any atom is -0.508 e. The van der Waals surface area contributed by atoms with E-state index in [-0.39, 0.29) is 25.0 Å². The molecule has 1 heterocycles. The van der Waals surface area contributed by atoms with Gasteiger partial charge in [0.25, 0.3) is 0 Å². The van der Waals surface area contributed by atoms with Crippen molar-refractivity contribution >= 4 is 17.8 Å². The molecule has 1 unspecified atom stereocenters. The van der Waals surface area contributed by atoms with E-state index in [1.165, 1.54) is 12.1 Å². The number of hydrogen-bond donors (Lipinski definition) is 2. The molecule has 0 spiro atoms. The zero-order chi connectivity index (χ0) is 15.4. The van der Waals surface area contributed by atoms with Gasteiger partial charge in [0.05, 0.1) is 0 Å². The van der Waals surface area contributed by atoms with Crippen LogP contribution >= 0.6 is 0 Å². The second-order valence-corrected chi connectivity index (χ2v) is 5.09. The van der Waals surface area contributed by atoms with E-state index in [1.807, 2.05) is 0 Å². The van der Waals surface area contributed by atoms with Crippen LogP contribution in [0.2, 0.25) is 0 Å². The van der Waals surface area contributed by atoms with Gasteiger partial charge in [-0.2, -0.15) is 0 Å². The first kappa shape index (κ1) is 15.0. The number of aliphatic carboxylic acids is 1. The normalized spacial score (nSPS) is 17.4. The Balaban J connectivity index is 2.24. The Labute approximate surface area is 122 Å². The van der Waals surface area contributed by atoms with Crippen LogP contribution in [0.3, 0.4) is 0 Å². The molecule has 2 amide bonds. The standard InChI is InChI=1S/C15H17NO5/c17-11-7-5-10(6-8-11)9-12(15(20)21)16-13(18)3-1-2-4-14(16)19/h5-8,12,17H,1-4,9H2,(H,20,21). The quantitative estimate of drug-likeness (QED) is 0.816. The summed E-state index contributed by atoms with van der Waals surface area (Å²) in [5.41, 5.74) is 0.644. The summed E-state index contributed by atoms with van der Waals surface area (Å²) >= 11 is 0. The molecule has 6 heteroatoms. The molecule has 1 aliphatic rings. The molecule has 0 aliphatic carbocycles. The number of carboxylic acids is 1. The van der Waals surface area contributed by atoms with Crippen molar-refractivity contribution < 1.29 is 24.6 Å². The highest BCUT2D eigenvalue weighted by Crippen LogP contribution is 2.19. The molecule has 21 heavy (non-hydrogen) atoms. The molecule has 2 rings (SSSR count). The summed E-state index contributed by atoms with van der Waals surface area (Å²) in [6, 6.07) is 4.85. The summed E-state index contributed by atoms with van der Waals surface area (Å²) < 4.78 is 0. The van der Waals surface area contributed by atoms with Crippen molar-refractivity contribution in [3.63, 3.8) is 0 Å². The molecular weight excluding hydrogens is 274 g/mol. The van der Waals surface area contributed by atoms with Crippen LogP contribution in [0.4, 0.5) is 0 Å². The van der Waals surface area contributed by atoms with Crippen LogP contribution in [0.5, 0.6) is 5.75 Å². The van der Waals surface area contributed by atoms with E-state index in [4.69, 9.17) is 0 Å². The number of likely N-dealkylation sites (tertiary alicyclic amines) is 1. The van der Waals surface area contributed by atoms with E-state index in [2.05, 4.69) is 0 Å². The number of amides is 2. The third kappa shape index (κ3) is 3.59. The number of hydrogen-bond acceptors (Lipinski definition) is 4. The SMILES string of the molecule is O=C(O)C(Cc1ccc(O)cc1)N1C(=O)CCCCC1=O. The maximum absolute atomic E-state index is 12.0. The second kappa shape index (κ2) is 6.39. The van der Waals surface area contributed by atoms with Gasteiger partial charge in [0, 0.05) is 19.3 Å². The Bertz CT molecular complexity index is 534. The fourth-order valence-electron chi connectivity index (χ4n) is 2.42. The Morgan fingerprint density at radius 3 is 2.10 bits per heavy atom. The molecule has 1 atom stereocenters. The van der Waals surface area contributed by atoms with E-state index >= 15 is 0 Å². The van der Waals surface area contributed by atoms with Gasteiger partial charge in [-0.1, -0.05) is 12.1 Å². The minimum atomic E-state index is -1.20. The average molecular weight is 291 g/mol. The Morgan fingerprint density at radius 2 is 1.62 bits per heavy atom. The summed E-state index contributed by atoms with van der Waals surface area (Å²) in [6.45, 7) is 0. The predicted octanol–water partition coefficient (Wildman–Crippen LogP) is 1.32. The van der Waals surface area contributed by atoms with Crippen LogP contribution in [-0.2, 0) is 20.8 Å². The fraction of sp³-hybridized carbons (Fsp3) is 0.400. The smallest absolute Gasteiger partial charge is 0.327 e. The van der Waals surface area contributed by atoms with Crippen LogP contribution in [-0.4, -0.2) is 38.9 Å². The van der Waals surface area contributed by atoms with Gasteiger partial charge in [0.2, 0.25) is 11.8 Å². The molecule has 2 N–H and O–H groups in total. The van der Waals surface area contributed by atoms with Crippen LogP contribution in [0, 0.1) is 0 Å². The van der Waals surface area contributed by atoms with Gasteiger partial charge in [-0.25, -0.2) is 4.79 Å². The van der Waals surface area contributed by atoms with Crippen LogP contribution in [0.25, 0.3) is 0 Å². The molecule has 0 saturated carbocycles. The summed E-state index contributed by atoms with van der Waals surface area (Å²) in [7, 11) is 0. The number of carbonyl (C=O) groups excluding carboxylic acids is 2. The Kier molecular flexibility index (Phi) is 4.57. The molecular formula is C15H17NO5. The molecule has 0 bridgehead atoms. The Hall–Kier alpha value is -2.37. The van der Waals surface area contributed by atoms with Gasteiger partial charge in [-0.05, 0) is 30.5 Å². The highest BCUT2D eigenvalue weighted by Gasteiger charge is 2.35. The van der Waals surface area contributed by atoms with E-state index in [0.29, 0.717) is 18.4 Å². The van der Waals surface area contributed by atoms with E-state index in [1.54, 1.807) is 12.1 Å². The zero-order valence-corrected chi connectivity index (χ0v) is 11.5. The molecule has 0 aromatic heterocycles. The lowest BCUT2D eigenvalue weighted by atomic mass is 10.0. The van der Waals surface area contributed by atoms with Gasteiger partial charge in [0.1, 0.15) is 11.8 Å². The number of phenolic OH excluding ortho intramolecular Hbond substituents is 1. The molecule has 112 valence electrons. The summed E-state index contributed by atoms with van der Waals surface area (Å²) in [6.07, 6.45) is 1.64. The first-order chi connectivity index (χ1) is 9.99. The number of carboxylic acid groups (broad SMARTS) is 1. The molecule has 1 aromatic carbocycles. The number of benzene rings is 1. The monoisotopic (exact) mass is 291 g/mol. The zero-order valence-electron chi connectivity index (χ0n) is 11.5. The highest BCUT2D eigenvalue weighted by molar-refractivity contribution is 5.99. The lowest BCUT2D eigenvalue weighted by molar-refractivity contribution is -0.157. The minimum absolute atomic E-state index is 0.0348. The van der Waals surface area contributed by atoms with Crippen LogP contribution < -0.4 is 0 Å². The highest BCUT2D eigenvalue weighted by atomic mass is 16.4. The lowest BCUT2D eigenvalue weighted by Gasteiger charge is -2.26. The molecule has 0 radical (unpaired) electrons. The number of aromatic hydroxyl groups is 1. The second-order valence-electron chi connectivity index (χ2n) is 5.09. The first-order valence-corrected chi connectivity index (χ1v) is 6.84. The maximum atomic E-state index is 12.0. The van der Waals surface area contributed by atoms with Crippen molar-refractivity contribution in [3.8, 4) is 5.75 Å². The number of imide groups is 1. The number of nitrogens with zero attached hydrogens (tertiary/aromatic N) is 1. The van der Waals surface area contributed by atoms with Crippen molar-refractivity contribution in [2.45, 2.75) is 38.1 Å². The molecule has 1 aliphatic heterocycles. The maximum Gasteiger partial charge on any atom is 0.327 e. The van der Waals surface area contributed by atoms with E-state index < -0.39 is 23.8 Å². The van der Waals surface area contributed by atoms with Crippen molar-refractivity contribution in [1.82, 2.24) is 4.90 Å². The molecule has 1 saturated heterocycles. The van der Waals surface area contributed by atoms with E-state index in [9.17, 15) is 24.6 Å². The van der Waals surface area contributed by atoms with Crippen molar-refractivity contribution in [1.29, 1.82) is 0 Å². The topological polar surface area (TPSA) is 94.9 Å². The van der Waals surface area contributed by atoms with Crippen LogP contribution in [0.15, 0.2) is 24.3 Å². The number of phenols is 1. The lowest BCUT2D eigenvalue weighted by Crippen LogP contribution is -2.49. The molecule has 1 aromatic rings. The molecule has 1 fully saturated rings. The number of rotatable bonds is 4. The number of carbonyl (C=O) groups is 3. The van der Waals surface area contributed by atoms with Gasteiger partial charge >= 0.3 is 5.97 Å². The largest absolute Gasteiger partial charge is 0.508 e. The summed E-state index contributed by atoms with van der Waals surface area (Å²) in [4.78, 5) is 36.4. The van der Waals surface area contributed by atoms with E-state index in [0.717, 1.165) is 4.90 Å². The van der Waals surface area contributed by atoms with Gasteiger partial charge in [0.15, 0.2) is 0 Å². The Morgan fingerprint density at radius 1 is 1.10 bits per heavy atom. The first-order valence-electron chi connectivity index (χ1n) is 6.84. The van der Waals surface area contributed by atoms with Gasteiger partial charge in [-0.3, -0.25) is 14.5 Å². The summed E-state index contributed by atoms with van der Waals surface area (Å²) in [5.74, 6) is -1.98. The van der Waals surface area contributed by atoms with Gasteiger partial charge in [-0.15, -0.1) is 0 Å². The van der Waals surface area contributed by atoms with Crippen LogP contribution in [0.1, 0.15) is 31.2 Å². The third-order valence-corrected chi connectivity index (χ3v) is 3.53. The van der Waals surface area contributed by atoms with Crippen molar-refractivity contribution in [3.05, 3.63) is 29.8 Å². The molecule has 6 nitrogen and oxygen atoms in total. The fourth-order valence-corrected chi connectivity index (χ4v) is 2.42. The van der Waals surface area contributed by atoms with Gasteiger partial charge < -0.3 is 10.2 Å². The summed E-state index contributed by atoms with van der Waals surface area (Å²) in [5, 5.41) is 18.6. The van der Waals surface area contributed by atoms with Crippen molar-refractivity contribution in [2.75, 3.05) is 0 Å². The predicted molar refractivity (Wildman–Crippen MR) is 73.6 cm³/mol. The van der Waals surface area contributed by atoms with Crippen molar-refractivity contribution in [2.24, 2.45) is 0 Å². The average Bonchev–Trinajstić information content (AvgIpc) is 2.60. The third-order valence-electron chi connectivity index (χ3n) is 3.53.